The summed E-state index contributed by atoms with van der Waals surface area (Å²) in [6, 6.07) is 0. The van der Waals surface area contributed by atoms with Crippen LogP contribution in [-0.4, -0.2) is 31.6 Å². The minimum atomic E-state index is -0.00155. The molecule has 1 unspecified atom stereocenters. The van der Waals surface area contributed by atoms with E-state index < -0.39 is 0 Å². The molecule has 3 nitrogen and oxygen atoms in total. The van der Waals surface area contributed by atoms with E-state index in [1.807, 2.05) is 27.2 Å². The highest BCUT2D eigenvalue weighted by Crippen LogP contribution is 2.25. The topological polar surface area (TPSA) is 41.3 Å². The van der Waals surface area contributed by atoms with Crippen LogP contribution in [-0.2, 0) is 0 Å². The number of likely N-dealkylation sites (N-methyl/N-ethyl adjacent to an activating group) is 1. The largest absolute Gasteiger partial charge is 0.399 e. The van der Waals surface area contributed by atoms with Crippen molar-refractivity contribution >= 4 is 0 Å². The van der Waals surface area contributed by atoms with Crippen LogP contribution in [0.15, 0.2) is 23.5 Å². The van der Waals surface area contributed by atoms with E-state index in [1.54, 1.807) is 0 Å². The molecule has 3 N–H and O–H groups in total. The molecule has 1 rings (SSSR count). The summed E-state index contributed by atoms with van der Waals surface area (Å²) < 4.78 is 0. The highest BCUT2D eigenvalue weighted by Gasteiger charge is 2.25. The third kappa shape index (κ3) is 2.25. The van der Waals surface area contributed by atoms with Crippen molar-refractivity contribution in [2.24, 2.45) is 5.73 Å². The first kappa shape index (κ1) is 10.1. The molecule has 0 aromatic rings. The third-order valence-corrected chi connectivity index (χ3v) is 2.51. The number of rotatable bonds is 2. The SMILES string of the molecule is CNC1(C)C=C(N)C=C(N(C)C)C1. The van der Waals surface area contributed by atoms with Gasteiger partial charge in [0.1, 0.15) is 0 Å². The van der Waals surface area contributed by atoms with Gasteiger partial charge in [-0.1, -0.05) is 0 Å². The van der Waals surface area contributed by atoms with Gasteiger partial charge in [0.05, 0.1) is 0 Å². The Morgan fingerprint density at radius 3 is 2.62 bits per heavy atom. The lowest BCUT2D eigenvalue weighted by Gasteiger charge is -2.33. The van der Waals surface area contributed by atoms with Gasteiger partial charge >= 0.3 is 0 Å². The van der Waals surface area contributed by atoms with E-state index in [-0.39, 0.29) is 5.54 Å². The van der Waals surface area contributed by atoms with Crippen LogP contribution in [0, 0.1) is 0 Å². The molecule has 0 aliphatic heterocycles. The standard InChI is InChI=1S/C10H19N3/c1-10(12-2)6-8(11)5-9(7-10)13(3)4/h5-6,12H,7,11H2,1-4H3. The van der Waals surface area contributed by atoms with Crippen molar-refractivity contribution in [1.82, 2.24) is 10.2 Å². The Labute approximate surface area is 80.3 Å². The Morgan fingerprint density at radius 1 is 1.54 bits per heavy atom. The summed E-state index contributed by atoms with van der Waals surface area (Å²) in [4.78, 5) is 2.11. The maximum atomic E-state index is 5.83. The van der Waals surface area contributed by atoms with Crippen molar-refractivity contribution in [2.45, 2.75) is 18.9 Å². The molecule has 0 saturated heterocycles. The van der Waals surface area contributed by atoms with Crippen LogP contribution >= 0.6 is 0 Å². The Kier molecular flexibility index (Phi) is 2.66. The first-order valence-electron chi connectivity index (χ1n) is 4.52. The van der Waals surface area contributed by atoms with Crippen LogP contribution in [0.2, 0.25) is 0 Å². The van der Waals surface area contributed by atoms with Gasteiger partial charge in [-0.15, -0.1) is 0 Å². The average molecular weight is 181 g/mol. The van der Waals surface area contributed by atoms with E-state index in [2.05, 4.69) is 23.2 Å². The molecule has 13 heavy (non-hydrogen) atoms. The lowest BCUT2D eigenvalue weighted by Crippen LogP contribution is -2.42. The van der Waals surface area contributed by atoms with E-state index in [0.717, 1.165) is 12.1 Å². The summed E-state index contributed by atoms with van der Waals surface area (Å²) >= 11 is 0. The Morgan fingerprint density at radius 2 is 2.15 bits per heavy atom. The van der Waals surface area contributed by atoms with Crippen LogP contribution in [0.25, 0.3) is 0 Å². The lowest BCUT2D eigenvalue weighted by molar-refractivity contribution is 0.393. The number of allylic oxidation sites excluding steroid dienone is 1. The van der Waals surface area contributed by atoms with Gasteiger partial charge in [0, 0.05) is 37.4 Å². The van der Waals surface area contributed by atoms with E-state index in [0.29, 0.717) is 0 Å². The second-order valence-corrected chi connectivity index (χ2v) is 4.02. The minimum Gasteiger partial charge on any atom is -0.399 e. The molecule has 0 amide bonds. The highest BCUT2D eigenvalue weighted by molar-refractivity contribution is 5.31. The van der Waals surface area contributed by atoms with Crippen molar-refractivity contribution in [3.63, 3.8) is 0 Å². The molecule has 0 aromatic carbocycles. The summed E-state index contributed by atoms with van der Waals surface area (Å²) in [6.07, 6.45) is 5.08. The van der Waals surface area contributed by atoms with E-state index in [9.17, 15) is 0 Å². The monoisotopic (exact) mass is 181 g/mol. The second kappa shape index (κ2) is 3.42. The zero-order chi connectivity index (χ0) is 10.1. The van der Waals surface area contributed by atoms with Crippen molar-refractivity contribution < 1.29 is 0 Å². The molecular formula is C10H19N3. The van der Waals surface area contributed by atoms with Crippen molar-refractivity contribution in [1.29, 1.82) is 0 Å². The maximum absolute atomic E-state index is 5.83. The Bertz CT molecular complexity index is 253. The third-order valence-electron chi connectivity index (χ3n) is 2.51. The molecule has 0 bridgehead atoms. The van der Waals surface area contributed by atoms with Gasteiger partial charge in [-0.25, -0.2) is 0 Å². The van der Waals surface area contributed by atoms with Crippen LogP contribution in [0.3, 0.4) is 0 Å². The van der Waals surface area contributed by atoms with Gasteiger partial charge in [-0.3, -0.25) is 0 Å². The fraction of sp³-hybridized carbons (Fsp3) is 0.600. The van der Waals surface area contributed by atoms with Gasteiger partial charge < -0.3 is 16.0 Å². The van der Waals surface area contributed by atoms with Crippen LogP contribution < -0.4 is 11.1 Å². The summed E-state index contributed by atoms with van der Waals surface area (Å²) in [5, 5.41) is 3.27. The van der Waals surface area contributed by atoms with Gasteiger partial charge in [0.25, 0.3) is 0 Å². The van der Waals surface area contributed by atoms with E-state index >= 15 is 0 Å². The molecule has 0 aromatic heterocycles. The summed E-state index contributed by atoms with van der Waals surface area (Å²) in [5.74, 6) is 0. The maximum Gasteiger partial charge on any atom is 0.0411 e. The summed E-state index contributed by atoms with van der Waals surface area (Å²) in [7, 11) is 6.05. The molecule has 1 aliphatic rings. The normalized spacial score (nSPS) is 28.0. The first-order chi connectivity index (χ1) is 5.97. The fourth-order valence-corrected chi connectivity index (χ4v) is 1.53. The molecule has 0 heterocycles. The van der Waals surface area contributed by atoms with Crippen molar-refractivity contribution in [3.05, 3.63) is 23.5 Å². The number of nitrogens with zero attached hydrogens (tertiary/aromatic N) is 1. The quantitative estimate of drug-likeness (QED) is 0.657. The zero-order valence-electron chi connectivity index (χ0n) is 8.89. The van der Waals surface area contributed by atoms with E-state index in [4.69, 9.17) is 5.73 Å². The Hall–Kier alpha value is -0.960. The number of hydrogen-bond donors (Lipinski definition) is 2. The average Bonchev–Trinajstić information content (AvgIpc) is 2.03. The molecule has 1 aliphatic carbocycles. The van der Waals surface area contributed by atoms with Gasteiger partial charge in [0.15, 0.2) is 0 Å². The second-order valence-electron chi connectivity index (χ2n) is 4.02. The summed E-state index contributed by atoms with van der Waals surface area (Å²) in [6.45, 7) is 2.15. The smallest absolute Gasteiger partial charge is 0.0411 e. The fourth-order valence-electron chi connectivity index (χ4n) is 1.53. The molecule has 74 valence electrons. The van der Waals surface area contributed by atoms with Crippen LogP contribution in [0.5, 0.6) is 0 Å². The van der Waals surface area contributed by atoms with Crippen LogP contribution in [0.4, 0.5) is 0 Å². The van der Waals surface area contributed by atoms with Gasteiger partial charge in [-0.2, -0.15) is 0 Å². The van der Waals surface area contributed by atoms with Crippen LogP contribution in [0.1, 0.15) is 13.3 Å². The van der Waals surface area contributed by atoms with Crippen molar-refractivity contribution in [2.75, 3.05) is 21.1 Å². The minimum absolute atomic E-state index is 0.00155. The number of hydrogen-bond acceptors (Lipinski definition) is 3. The van der Waals surface area contributed by atoms with Gasteiger partial charge in [-0.05, 0) is 26.1 Å². The predicted octanol–water partition coefficient (Wildman–Crippen LogP) is 0.656. The molecule has 0 saturated carbocycles. The Balaban J connectivity index is 2.90. The predicted molar refractivity (Wildman–Crippen MR) is 56.1 cm³/mol. The van der Waals surface area contributed by atoms with Gasteiger partial charge in [0.2, 0.25) is 0 Å². The molecule has 0 spiro atoms. The zero-order valence-corrected chi connectivity index (χ0v) is 8.89. The highest BCUT2D eigenvalue weighted by atomic mass is 15.1. The molecule has 0 radical (unpaired) electrons. The number of nitrogens with one attached hydrogen (secondary N) is 1. The molecular weight excluding hydrogens is 162 g/mol. The molecule has 3 heteroatoms. The molecule has 0 fully saturated rings. The summed E-state index contributed by atoms with van der Waals surface area (Å²) in [5.41, 5.74) is 7.93. The van der Waals surface area contributed by atoms with Crippen molar-refractivity contribution in [3.8, 4) is 0 Å². The molecule has 1 atom stereocenters. The van der Waals surface area contributed by atoms with E-state index in [1.165, 1.54) is 5.70 Å². The number of nitrogens with two attached hydrogens (primary N) is 1. The first-order valence-corrected chi connectivity index (χ1v) is 4.52. The lowest BCUT2D eigenvalue weighted by atomic mass is 9.90.